The molecule has 1 aromatic heterocycles. The Morgan fingerprint density at radius 1 is 1.28 bits per heavy atom. The van der Waals surface area contributed by atoms with Gasteiger partial charge in [-0.3, -0.25) is 14.9 Å². The van der Waals surface area contributed by atoms with Crippen LogP contribution in [0.3, 0.4) is 0 Å². The van der Waals surface area contributed by atoms with Crippen molar-refractivity contribution in [1.82, 2.24) is 4.98 Å². The fourth-order valence-electron chi connectivity index (χ4n) is 2.31. The number of nitro groups is 1. The highest BCUT2D eigenvalue weighted by Gasteiger charge is 2.12. The first-order chi connectivity index (χ1) is 12.0. The van der Waals surface area contributed by atoms with Crippen LogP contribution in [0.25, 0.3) is 10.2 Å². The molecule has 0 aliphatic rings. The first-order valence-electron chi connectivity index (χ1n) is 7.53. The molecule has 128 valence electrons. The molecule has 3 aromatic rings. The van der Waals surface area contributed by atoms with Gasteiger partial charge in [-0.1, -0.05) is 23.5 Å². The summed E-state index contributed by atoms with van der Waals surface area (Å²) < 4.78 is 5.76. The molecular weight excluding hydrogens is 342 g/mol. The van der Waals surface area contributed by atoms with Gasteiger partial charge in [-0.2, -0.15) is 0 Å². The molecule has 0 bridgehead atoms. The van der Waals surface area contributed by atoms with Gasteiger partial charge in [-0.05, 0) is 30.2 Å². The van der Waals surface area contributed by atoms with E-state index >= 15 is 0 Å². The van der Waals surface area contributed by atoms with Crippen LogP contribution in [0.1, 0.15) is 12.0 Å². The van der Waals surface area contributed by atoms with Crippen molar-refractivity contribution in [3.8, 4) is 5.75 Å². The Morgan fingerprint density at radius 2 is 2.04 bits per heavy atom. The first kappa shape index (κ1) is 16.8. The summed E-state index contributed by atoms with van der Waals surface area (Å²) in [4.78, 5) is 26.7. The maximum Gasteiger partial charge on any atom is 0.270 e. The molecule has 2 aromatic carbocycles. The van der Waals surface area contributed by atoms with Crippen molar-refractivity contribution in [3.63, 3.8) is 0 Å². The molecule has 3 rings (SSSR count). The molecular formula is C17H15N3O4S. The number of nitrogens with one attached hydrogen (secondary N) is 1. The lowest BCUT2D eigenvalue weighted by atomic mass is 10.1. The molecule has 1 amide bonds. The van der Waals surface area contributed by atoms with Crippen LogP contribution in [0.4, 0.5) is 10.8 Å². The smallest absolute Gasteiger partial charge is 0.270 e. The fraction of sp³-hybridized carbons (Fsp3) is 0.176. The summed E-state index contributed by atoms with van der Waals surface area (Å²) in [5.41, 5.74) is 1.67. The van der Waals surface area contributed by atoms with E-state index in [9.17, 15) is 14.9 Å². The average molecular weight is 357 g/mol. The molecule has 1 heterocycles. The van der Waals surface area contributed by atoms with E-state index in [4.69, 9.17) is 4.74 Å². The van der Waals surface area contributed by atoms with E-state index in [1.165, 1.54) is 23.5 Å². The molecule has 25 heavy (non-hydrogen) atoms. The molecule has 0 unspecified atom stereocenters. The lowest BCUT2D eigenvalue weighted by molar-refractivity contribution is -0.384. The van der Waals surface area contributed by atoms with E-state index < -0.39 is 4.92 Å². The second kappa shape index (κ2) is 7.27. The summed E-state index contributed by atoms with van der Waals surface area (Å²) >= 11 is 1.22. The van der Waals surface area contributed by atoms with E-state index in [0.29, 0.717) is 28.2 Å². The van der Waals surface area contributed by atoms with Gasteiger partial charge in [0.25, 0.3) is 5.69 Å². The quantitative estimate of drug-likeness (QED) is 0.535. The Balaban J connectivity index is 1.62. The Kier molecular flexibility index (Phi) is 4.90. The summed E-state index contributed by atoms with van der Waals surface area (Å²) in [6, 6.07) is 12.0. The Bertz CT molecular complexity index is 921. The van der Waals surface area contributed by atoms with Gasteiger partial charge >= 0.3 is 0 Å². The van der Waals surface area contributed by atoms with Crippen LogP contribution < -0.4 is 10.1 Å². The van der Waals surface area contributed by atoms with Gasteiger partial charge in [0.2, 0.25) is 5.91 Å². The molecule has 1 N–H and O–H groups in total. The number of anilines is 1. The van der Waals surface area contributed by atoms with E-state index in [1.807, 2.05) is 24.3 Å². The third kappa shape index (κ3) is 4.10. The highest BCUT2D eigenvalue weighted by atomic mass is 32.1. The van der Waals surface area contributed by atoms with E-state index in [1.54, 1.807) is 13.2 Å². The van der Waals surface area contributed by atoms with Crippen LogP contribution in [0.2, 0.25) is 0 Å². The number of hydrogen-bond acceptors (Lipinski definition) is 6. The van der Waals surface area contributed by atoms with Gasteiger partial charge in [-0.15, -0.1) is 0 Å². The van der Waals surface area contributed by atoms with Gasteiger partial charge in [0.15, 0.2) is 5.13 Å². The number of nitro benzene ring substituents is 1. The van der Waals surface area contributed by atoms with Crippen LogP contribution in [-0.4, -0.2) is 22.9 Å². The Hall–Kier alpha value is -3.00. The van der Waals surface area contributed by atoms with Crippen molar-refractivity contribution >= 4 is 38.3 Å². The monoisotopic (exact) mass is 357 g/mol. The van der Waals surface area contributed by atoms with Crippen LogP contribution in [0, 0.1) is 10.1 Å². The number of amides is 1. The van der Waals surface area contributed by atoms with E-state index in [-0.39, 0.29) is 11.6 Å². The Morgan fingerprint density at radius 3 is 2.72 bits per heavy atom. The summed E-state index contributed by atoms with van der Waals surface area (Å²) in [6.07, 6.45) is 0.925. The zero-order chi connectivity index (χ0) is 17.8. The molecule has 8 heteroatoms. The fourth-order valence-corrected chi connectivity index (χ4v) is 3.23. The lowest BCUT2D eigenvalue weighted by Gasteiger charge is -2.03. The topological polar surface area (TPSA) is 94.4 Å². The number of non-ortho nitro benzene ring substituents is 1. The van der Waals surface area contributed by atoms with E-state index in [0.717, 1.165) is 11.3 Å². The third-order valence-corrected chi connectivity index (χ3v) is 4.56. The summed E-state index contributed by atoms with van der Waals surface area (Å²) in [6.45, 7) is 0. The van der Waals surface area contributed by atoms with Gasteiger partial charge in [0, 0.05) is 18.6 Å². The summed E-state index contributed by atoms with van der Waals surface area (Å²) in [5.74, 6) is 0.626. The molecule has 0 radical (unpaired) electrons. The highest BCUT2D eigenvalue weighted by Crippen LogP contribution is 2.29. The number of aryl methyl sites for hydroxylation is 1. The number of thiazole rings is 1. The molecule has 0 aliphatic carbocycles. The normalized spacial score (nSPS) is 10.6. The predicted octanol–water partition coefficient (Wildman–Crippen LogP) is 3.78. The molecule has 0 saturated carbocycles. The van der Waals surface area contributed by atoms with Gasteiger partial charge in [-0.25, -0.2) is 4.98 Å². The number of hydrogen-bond donors (Lipinski definition) is 1. The second-order valence-corrected chi connectivity index (χ2v) is 6.36. The number of nitrogens with zero attached hydrogens (tertiary/aromatic N) is 2. The molecule has 7 nitrogen and oxygen atoms in total. The minimum atomic E-state index is -0.452. The molecule has 0 aliphatic heterocycles. The Labute approximate surface area is 147 Å². The van der Waals surface area contributed by atoms with Crippen LogP contribution in [-0.2, 0) is 11.2 Å². The number of aromatic nitrogens is 1. The number of ether oxygens (including phenoxy) is 1. The number of rotatable bonds is 6. The van der Waals surface area contributed by atoms with Gasteiger partial charge < -0.3 is 10.1 Å². The molecule has 0 atom stereocenters. The van der Waals surface area contributed by atoms with Crippen LogP contribution in [0.15, 0.2) is 42.5 Å². The van der Waals surface area contributed by atoms with Crippen molar-refractivity contribution in [3.05, 3.63) is 58.1 Å². The van der Waals surface area contributed by atoms with E-state index in [2.05, 4.69) is 10.3 Å². The summed E-state index contributed by atoms with van der Waals surface area (Å²) in [7, 11) is 1.61. The number of carbonyl (C=O) groups excluding carboxylic acids is 1. The van der Waals surface area contributed by atoms with Gasteiger partial charge in [0.05, 0.1) is 22.2 Å². The highest BCUT2D eigenvalue weighted by molar-refractivity contribution is 7.22. The van der Waals surface area contributed by atoms with Crippen molar-refractivity contribution in [2.24, 2.45) is 0 Å². The predicted molar refractivity (Wildman–Crippen MR) is 96.2 cm³/mol. The van der Waals surface area contributed by atoms with Crippen LogP contribution in [0.5, 0.6) is 5.75 Å². The molecule has 0 fully saturated rings. The molecule has 0 spiro atoms. The maximum atomic E-state index is 12.1. The largest absolute Gasteiger partial charge is 0.497 e. The van der Waals surface area contributed by atoms with Crippen LogP contribution >= 0.6 is 11.3 Å². The number of carbonyl (C=O) groups is 1. The first-order valence-corrected chi connectivity index (χ1v) is 8.34. The number of fused-ring (bicyclic) bond motifs is 1. The van der Waals surface area contributed by atoms with Gasteiger partial charge in [0.1, 0.15) is 5.75 Å². The number of methoxy groups -OCH3 is 1. The SMILES string of the molecule is COc1ccc(CCC(=O)Nc2nc3ccc([N+](=O)[O-])cc3s2)cc1. The standard InChI is InChI=1S/C17H15N3O4S/c1-24-13-6-2-11(3-7-13)4-9-16(21)19-17-18-14-8-5-12(20(22)23)10-15(14)25-17/h2-3,5-8,10H,4,9H2,1H3,(H,18,19,21). The van der Waals surface area contributed by atoms with Crippen molar-refractivity contribution in [2.75, 3.05) is 12.4 Å². The zero-order valence-corrected chi connectivity index (χ0v) is 14.2. The molecule has 0 saturated heterocycles. The minimum absolute atomic E-state index is 0.00790. The third-order valence-electron chi connectivity index (χ3n) is 3.63. The van der Waals surface area contributed by atoms with Crippen molar-refractivity contribution in [1.29, 1.82) is 0 Å². The number of benzene rings is 2. The van der Waals surface area contributed by atoms with Crippen molar-refractivity contribution in [2.45, 2.75) is 12.8 Å². The average Bonchev–Trinajstić information content (AvgIpc) is 3.01. The lowest BCUT2D eigenvalue weighted by Crippen LogP contribution is -2.12. The van der Waals surface area contributed by atoms with Crippen molar-refractivity contribution < 1.29 is 14.5 Å². The zero-order valence-electron chi connectivity index (χ0n) is 13.4. The second-order valence-electron chi connectivity index (χ2n) is 5.32. The summed E-state index contributed by atoms with van der Waals surface area (Å²) in [5, 5.41) is 14.0. The maximum absolute atomic E-state index is 12.1. The minimum Gasteiger partial charge on any atom is -0.497 e.